The normalized spacial score (nSPS) is 11.5. The molecular weight excluding hydrogens is 290 g/mol. The predicted octanol–water partition coefficient (Wildman–Crippen LogP) is 6.15. The first-order valence-corrected chi connectivity index (χ1v) is 8.28. The number of benzene rings is 4. The van der Waals surface area contributed by atoms with E-state index in [4.69, 9.17) is 0 Å². The highest BCUT2D eigenvalue weighted by Gasteiger charge is 2.09. The Morgan fingerprint density at radius 2 is 1.21 bits per heavy atom. The van der Waals surface area contributed by atoms with Crippen molar-refractivity contribution in [3.63, 3.8) is 0 Å². The Bertz CT molecular complexity index is 1210. The quantitative estimate of drug-likeness (QED) is 0.350. The molecule has 0 atom stereocenters. The molecule has 5 aromatic rings. The average Bonchev–Trinajstić information content (AvgIpc) is 2.94. The molecule has 0 saturated heterocycles. The smallest absolute Gasteiger partial charge is 0.0494 e. The van der Waals surface area contributed by atoms with E-state index in [0.717, 1.165) is 0 Å². The SMILES string of the molecule is Cn1c2ccccc2c2ccc(-c3ccc4ccccc4c3)cc21. The fourth-order valence-corrected chi connectivity index (χ4v) is 3.71. The van der Waals surface area contributed by atoms with Gasteiger partial charge in [0.25, 0.3) is 0 Å². The third kappa shape index (κ3) is 1.88. The van der Waals surface area contributed by atoms with E-state index >= 15 is 0 Å². The van der Waals surface area contributed by atoms with Crippen LogP contribution in [0.5, 0.6) is 0 Å². The Balaban J connectivity index is 1.77. The highest BCUT2D eigenvalue weighted by atomic mass is 14.9. The molecule has 0 bridgehead atoms. The first-order valence-electron chi connectivity index (χ1n) is 8.28. The minimum atomic E-state index is 1.26. The lowest BCUT2D eigenvalue weighted by molar-refractivity contribution is 1.01. The molecule has 0 saturated carbocycles. The summed E-state index contributed by atoms with van der Waals surface area (Å²) in [6.07, 6.45) is 0. The Morgan fingerprint density at radius 3 is 2.12 bits per heavy atom. The van der Waals surface area contributed by atoms with E-state index in [0.29, 0.717) is 0 Å². The molecule has 1 heteroatoms. The molecule has 0 aliphatic carbocycles. The molecule has 1 aromatic heterocycles. The lowest BCUT2D eigenvalue weighted by atomic mass is 10.00. The summed E-state index contributed by atoms with van der Waals surface area (Å²) in [6, 6.07) is 30.6. The number of hydrogen-bond acceptors (Lipinski definition) is 0. The zero-order chi connectivity index (χ0) is 16.1. The molecule has 1 heterocycles. The van der Waals surface area contributed by atoms with Crippen molar-refractivity contribution in [2.75, 3.05) is 0 Å². The highest BCUT2D eigenvalue weighted by molar-refractivity contribution is 6.09. The summed E-state index contributed by atoms with van der Waals surface area (Å²) < 4.78 is 2.29. The van der Waals surface area contributed by atoms with Gasteiger partial charge in [-0.2, -0.15) is 0 Å². The molecule has 0 aliphatic rings. The lowest BCUT2D eigenvalue weighted by Crippen LogP contribution is -1.87. The molecule has 24 heavy (non-hydrogen) atoms. The Labute approximate surface area is 140 Å². The standard InChI is InChI=1S/C23H17N/c1-24-22-9-5-4-8-20(22)21-13-12-19(15-23(21)24)18-11-10-16-6-2-3-7-17(16)14-18/h2-15H,1H3. The molecule has 0 N–H and O–H groups in total. The first-order chi connectivity index (χ1) is 11.8. The number of para-hydroxylation sites is 1. The van der Waals surface area contributed by atoms with Gasteiger partial charge in [-0.3, -0.25) is 0 Å². The maximum absolute atomic E-state index is 2.30. The molecule has 0 amide bonds. The van der Waals surface area contributed by atoms with Gasteiger partial charge in [0.05, 0.1) is 0 Å². The molecule has 0 radical (unpaired) electrons. The molecule has 0 unspecified atom stereocenters. The van der Waals surface area contributed by atoms with Crippen LogP contribution in [0.4, 0.5) is 0 Å². The van der Waals surface area contributed by atoms with Crippen molar-refractivity contribution in [1.29, 1.82) is 0 Å². The lowest BCUT2D eigenvalue weighted by Gasteiger charge is -2.06. The molecule has 4 aromatic carbocycles. The van der Waals surface area contributed by atoms with Crippen LogP contribution >= 0.6 is 0 Å². The van der Waals surface area contributed by atoms with E-state index in [-0.39, 0.29) is 0 Å². The van der Waals surface area contributed by atoms with Crippen molar-refractivity contribution in [3.8, 4) is 11.1 Å². The van der Waals surface area contributed by atoms with E-state index < -0.39 is 0 Å². The van der Waals surface area contributed by atoms with Crippen LogP contribution in [0.2, 0.25) is 0 Å². The number of rotatable bonds is 1. The summed E-state index contributed by atoms with van der Waals surface area (Å²) in [5.41, 5.74) is 5.09. The fourth-order valence-electron chi connectivity index (χ4n) is 3.71. The predicted molar refractivity (Wildman–Crippen MR) is 103 cm³/mol. The monoisotopic (exact) mass is 307 g/mol. The van der Waals surface area contributed by atoms with E-state index in [1.807, 2.05) is 0 Å². The van der Waals surface area contributed by atoms with E-state index in [2.05, 4.69) is 96.5 Å². The van der Waals surface area contributed by atoms with Crippen molar-refractivity contribution in [3.05, 3.63) is 84.9 Å². The number of hydrogen-bond donors (Lipinski definition) is 0. The third-order valence-corrected chi connectivity index (χ3v) is 5.00. The molecule has 0 spiro atoms. The Hall–Kier alpha value is -3.06. The van der Waals surface area contributed by atoms with Crippen LogP contribution in [0.3, 0.4) is 0 Å². The largest absolute Gasteiger partial charge is 0.344 e. The van der Waals surface area contributed by atoms with E-state index in [1.165, 1.54) is 43.7 Å². The van der Waals surface area contributed by atoms with Gasteiger partial charge < -0.3 is 4.57 Å². The number of aryl methyl sites for hydroxylation is 1. The fraction of sp³-hybridized carbons (Fsp3) is 0.0435. The molecule has 5 rings (SSSR count). The summed E-state index contributed by atoms with van der Waals surface area (Å²) in [4.78, 5) is 0. The second-order valence-electron chi connectivity index (χ2n) is 6.37. The van der Waals surface area contributed by atoms with Crippen LogP contribution in [0.1, 0.15) is 0 Å². The molecule has 114 valence electrons. The van der Waals surface area contributed by atoms with Gasteiger partial charge in [-0.05, 0) is 40.1 Å². The topological polar surface area (TPSA) is 4.93 Å². The molecule has 1 nitrogen and oxygen atoms in total. The van der Waals surface area contributed by atoms with Crippen LogP contribution in [-0.4, -0.2) is 4.57 Å². The van der Waals surface area contributed by atoms with E-state index in [9.17, 15) is 0 Å². The van der Waals surface area contributed by atoms with Crippen LogP contribution in [-0.2, 0) is 7.05 Å². The van der Waals surface area contributed by atoms with Gasteiger partial charge in [0.15, 0.2) is 0 Å². The summed E-state index contributed by atoms with van der Waals surface area (Å²) in [6.45, 7) is 0. The molecule has 0 fully saturated rings. The van der Waals surface area contributed by atoms with Gasteiger partial charge in [0, 0.05) is 28.9 Å². The van der Waals surface area contributed by atoms with Crippen molar-refractivity contribution < 1.29 is 0 Å². The first kappa shape index (κ1) is 13.4. The summed E-state index contributed by atoms with van der Waals surface area (Å²) in [5.74, 6) is 0. The third-order valence-electron chi connectivity index (χ3n) is 5.00. The Kier molecular flexibility index (Phi) is 2.77. The van der Waals surface area contributed by atoms with Gasteiger partial charge in [0.2, 0.25) is 0 Å². The van der Waals surface area contributed by atoms with Gasteiger partial charge in [-0.1, -0.05) is 66.7 Å². The van der Waals surface area contributed by atoms with Crippen LogP contribution in [0.15, 0.2) is 84.9 Å². The maximum atomic E-state index is 2.30. The second kappa shape index (κ2) is 4.97. The second-order valence-corrected chi connectivity index (χ2v) is 6.37. The van der Waals surface area contributed by atoms with Crippen LogP contribution in [0.25, 0.3) is 43.7 Å². The summed E-state index contributed by atoms with van der Waals surface area (Å²) in [7, 11) is 2.15. The van der Waals surface area contributed by atoms with Gasteiger partial charge >= 0.3 is 0 Å². The van der Waals surface area contributed by atoms with Gasteiger partial charge in [0.1, 0.15) is 0 Å². The zero-order valence-electron chi connectivity index (χ0n) is 13.5. The van der Waals surface area contributed by atoms with Crippen LogP contribution in [0, 0.1) is 0 Å². The zero-order valence-corrected chi connectivity index (χ0v) is 13.5. The highest BCUT2D eigenvalue weighted by Crippen LogP contribution is 2.32. The summed E-state index contributed by atoms with van der Waals surface area (Å²) >= 11 is 0. The average molecular weight is 307 g/mol. The Morgan fingerprint density at radius 1 is 0.542 bits per heavy atom. The number of fused-ring (bicyclic) bond motifs is 4. The molecule has 0 aliphatic heterocycles. The van der Waals surface area contributed by atoms with Gasteiger partial charge in [-0.25, -0.2) is 0 Å². The number of aromatic nitrogens is 1. The minimum absolute atomic E-state index is 1.26. The maximum Gasteiger partial charge on any atom is 0.0494 e. The van der Waals surface area contributed by atoms with Crippen molar-refractivity contribution in [2.45, 2.75) is 0 Å². The summed E-state index contributed by atoms with van der Waals surface area (Å²) in [5, 5.41) is 5.21. The number of nitrogens with zero attached hydrogens (tertiary/aromatic N) is 1. The van der Waals surface area contributed by atoms with Crippen molar-refractivity contribution >= 4 is 32.6 Å². The van der Waals surface area contributed by atoms with Gasteiger partial charge in [-0.15, -0.1) is 0 Å². The minimum Gasteiger partial charge on any atom is -0.344 e. The van der Waals surface area contributed by atoms with Crippen molar-refractivity contribution in [2.24, 2.45) is 7.05 Å². The van der Waals surface area contributed by atoms with Crippen LogP contribution < -0.4 is 0 Å². The van der Waals surface area contributed by atoms with E-state index in [1.54, 1.807) is 0 Å². The molecular formula is C23H17N. The van der Waals surface area contributed by atoms with Crippen molar-refractivity contribution in [1.82, 2.24) is 4.57 Å².